The fraction of sp³-hybridized carbons (Fsp3) is 0.250. The number of hydrogen-bond acceptors (Lipinski definition) is 5. The molecule has 0 fully saturated rings. The lowest BCUT2D eigenvalue weighted by Crippen LogP contribution is -2.36. The number of nitrogens with zero attached hydrogens (tertiary/aromatic N) is 1. The number of amides is 2. The lowest BCUT2D eigenvalue weighted by molar-refractivity contribution is -0.119. The van der Waals surface area contributed by atoms with E-state index in [1.165, 1.54) is 23.1 Å². The fourth-order valence-corrected chi connectivity index (χ4v) is 2.42. The molecule has 2 amide bonds. The van der Waals surface area contributed by atoms with Crippen LogP contribution in [0.15, 0.2) is 48.5 Å². The molecule has 148 valence electrons. The van der Waals surface area contributed by atoms with Gasteiger partial charge < -0.3 is 15.4 Å². The molecule has 0 aliphatic heterocycles. The maximum absolute atomic E-state index is 13.1. The van der Waals surface area contributed by atoms with Crippen LogP contribution >= 0.6 is 0 Å². The predicted octanol–water partition coefficient (Wildman–Crippen LogP) is 2.51. The number of anilines is 2. The zero-order valence-electron chi connectivity index (χ0n) is 15.7. The van der Waals surface area contributed by atoms with Crippen molar-refractivity contribution in [3.05, 3.63) is 59.9 Å². The van der Waals surface area contributed by atoms with Crippen LogP contribution in [0.25, 0.3) is 0 Å². The Morgan fingerprint density at radius 1 is 0.964 bits per heavy atom. The van der Waals surface area contributed by atoms with Gasteiger partial charge in [-0.1, -0.05) is 6.07 Å². The van der Waals surface area contributed by atoms with Crippen molar-refractivity contribution in [3.8, 4) is 0 Å². The van der Waals surface area contributed by atoms with Gasteiger partial charge in [0.05, 0.1) is 25.3 Å². The molecule has 0 saturated heterocycles. The van der Waals surface area contributed by atoms with Gasteiger partial charge in [-0.05, 0) is 56.4 Å². The number of ether oxygens (including phenoxy) is 1. The van der Waals surface area contributed by atoms with E-state index in [9.17, 15) is 18.8 Å². The van der Waals surface area contributed by atoms with Gasteiger partial charge in [0.15, 0.2) is 0 Å². The first-order chi connectivity index (χ1) is 13.4. The van der Waals surface area contributed by atoms with Gasteiger partial charge in [-0.3, -0.25) is 14.5 Å². The number of hydrogen-bond donors (Lipinski definition) is 2. The third kappa shape index (κ3) is 6.81. The van der Waals surface area contributed by atoms with Crippen molar-refractivity contribution in [1.82, 2.24) is 4.90 Å². The summed E-state index contributed by atoms with van der Waals surface area (Å²) in [6.07, 6.45) is 0. The molecule has 0 aliphatic rings. The van der Waals surface area contributed by atoms with Gasteiger partial charge in [-0.25, -0.2) is 9.18 Å². The quantitative estimate of drug-likeness (QED) is 0.680. The van der Waals surface area contributed by atoms with Crippen molar-refractivity contribution in [2.75, 3.05) is 37.4 Å². The standard InChI is InChI=1S/C20H22FN3O4/c1-3-28-20(27)14-7-9-16(10-8-14)22-18(25)12-24(2)13-19(26)23-17-6-4-5-15(21)11-17/h4-11H,3,12-13H2,1-2H3,(H,22,25)(H,23,26). The van der Waals surface area contributed by atoms with Crippen LogP contribution in [0.2, 0.25) is 0 Å². The smallest absolute Gasteiger partial charge is 0.338 e. The van der Waals surface area contributed by atoms with Crippen LogP contribution < -0.4 is 10.6 Å². The first-order valence-corrected chi connectivity index (χ1v) is 8.68. The zero-order chi connectivity index (χ0) is 20.5. The molecule has 0 bridgehead atoms. The Balaban J connectivity index is 1.80. The summed E-state index contributed by atoms with van der Waals surface area (Å²) >= 11 is 0. The number of benzene rings is 2. The Labute approximate surface area is 162 Å². The van der Waals surface area contributed by atoms with E-state index in [0.29, 0.717) is 16.9 Å². The molecule has 0 radical (unpaired) electrons. The molecule has 2 rings (SSSR count). The van der Waals surface area contributed by atoms with Gasteiger partial charge in [0.2, 0.25) is 11.8 Å². The second-order valence-corrected chi connectivity index (χ2v) is 6.08. The van der Waals surface area contributed by atoms with Gasteiger partial charge in [0, 0.05) is 11.4 Å². The zero-order valence-corrected chi connectivity index (χ0v) is 15.7. The Morgan fingerprint density at radius 3 is 2.14 bits per heavy atom. The summed E-state index contributed by atoms with van der Waals surface area (Å²) in [6, 6.07) is 11.9. The Bertz CT molecular complexity index is 840. The molecule has 2 aromatic rings. The molecule has 2 aromatic carbocycles. The normalized spacial score (nSPS) is 10.4. The second kappa shape index (κ2) is 10.2. The predicted molar refractivity (Wildman–Crippen MR) is 104 cm³/mol. The highest BCUT2D eigenvalue weighted by atomic mass is 19.1. The van der Waals surface area contributed by atoms with E-state index in [2.05, 4.69) is 10.6 Å². The summed E-state index contributed by atoms with van der Waals surface area (Å²) in [7, 11) is 1.62. The number of carbonyl (C=O) groups is 3. The number of carbonyl (C=O) groups excluding carboxylic acids is 3. The highest BCUT2D eigenvalue weighted by molar-refractivity contribution is 5.95. The van der Waals surface area contributed by atoms with Crippen LogP contribution in [0.5, 0.6) is 0 Å². The average molecular weight is 387 g/mol. The molecule has 7 nitrogen and oxygen atoms in total. The highest BCUT2D eigenvalue weighted by Gasteiger charge is 2.12. The third-order valence-corrected chi connectivity index (χ3v) is 3.62. The third-order valence-electron chi connectivity index (χ3n) is 3.62. The molecular weight excluding hydrogens is 365 g/mol. The summed E-state index contributed by atoms with van der Waals surface area (Å²) < 4.78 is 18.0. The van der Waals surface area contributed by atoms with E-state index in [1.54, 1.807) is 44.3 Å². The Kier molecular flexibility index (Phi) is 7.65. The molecule has 28 heavy (non-hydrogen) atoms. The van der Waals surface area contributed by atoms with Crippen molar-refractivity contribution in [2.24, 2.45) is 0 Å². The van der Waals surface area contributed by atoms with Crippen molar-refractivity contribution in [1.29, 1.82) is 0 Å². The van der Waals surface area contributed by atoms with E-state index in [0.717, 1.165) is 0 Å². The van der Waals surface area contributed by atoms with Crippen LogP contribution in [0.3, 0.4) is 0 Å². The number of esters is 1. The van der Waals surface area contributed by atoms with Crippen LogP contribution in [0.4, 0.5) is 15.8 Å². The van der Waals surface area contributed by atoms with E-state index in [4.69, 9.17) is 4.74 Å². The van der Waals surface area contributed by atoms with Gasteiger partial charge in [-0.15, -0.1) is 0 Å². The monoisotopic (exact) mass is 387 g/mol. The fourth-order valence-electron chi connectivity index (χ4n) is 2.42. The van der Waals surface area contributed by atoms with E-state index in [1.807, 2.05) is 0 Å². The molecule has 0 heterocycles. The molecule has 0 aliphatic carbocycles. The summed E-state index contributed by atoms with van der Waals surface area (Å²) in [5.41, 5.74) is 1.27. The van der Waals surface area contributed by atoms with Gasteiger partial charge in [0.25, 0.3) is 0 Å². The van der Waals surface area contributed by atoms with Gasteiger partial charge >= 0.3 is 5.97 Å². The van der Waals surface area contributed by atoms with Crippen molar-refractivity contribution < 1.29 is 23.5 Å². The SMILES string of the molecule is CCOC(=O)c1ccc(NC(=O)CN(C)CC(=O)Nc2cccc(F)c2)cc1. The van der Waals surface area contributed by atoms with Crippen molar-refractivity contribution >= 4 is 29.2 Å². The topological polar surface area (TPSA) is 87.7 Å². The Hall–Kier alpha value is -3.26. The number of halogens is 1. The van der Waals surface area contributed by atoms with Crippen LogP contribution in [0, 0.1) is 5.82 Å². The van der Waals surface area contributed by atoms with E-state index < -0.39 is 11.8 Å². The summed E-state index contributed by atoms with van der Waals surface area (Å²) in [5.74, 6) is -1.55. The van der Waals surface area contributed by atoms with Crippen LogP contribution in [-0.4, -0.2) is 49.4 Å². The van der Waals surface area contributed by atoms with Gasteiger partial charge in [-0.2, -0.15) is 0 Å². The van der Waals surface area contributed by atoms with Crippen LogP contribution in [0.1, 0.15) is 17.3 Å². The maximum Gasteiger partial charge on any atom is 0.338 e. The first kappa shape index (κ1) is 21.0. The minimum Gasteiger partial charge on any atom is -0.462 e. The molecule has 0 aromatic heterocycles. The van der Waals surface area contributed by atoms with Crippen LogP contribution in [-0.2, 0) is 14.3 Å². The molecule has 8 heteroatoms. The van der Waals surface area contributed by atoms with Crippen molar-refractivity contribution in [3.63, 3.8) is 0 Å². The molecule has 2 N–H and O–H groups in total. The maximum atomic E-state index is 13.1. The van der Waals surface area contributed by atoms with E-state index in [-0.39, 0.29) is 31.5 Å². The van der Waals surface area contributed by atoms with Gasteiger partial charge in [0.1, 0.15) is 5.82 Å². The molecule has 0 saturated carbocycles. The highest BCUT2D eigenvalue weighted by Crippen LogP contribution is 2.11. The van der Waals surface area contributed by atoms with E-state index >= 15 is 0 Å². The lowest BCUT2D eigenvalue weighted by atomic mass is 10.2. The average Bonchev–Trinajstić information content (AvgIpc) is 2.62. The molecule has 0 spiro atoms. The Morgan fingerprint density at radius 2 is 1.57 bits per heavy atom. The largest absolute Gasteiger partial charge is 0.462 e. The first-order valence-electron chi connectivity index (χ1n) is 8.68. The van der Waals surface area contributed by atoms with Crippen molar-refractivity contribution in [2.45, 2.75) is 6.92 Å². The molecule has 0 atom stereocenters. The number of likely N-dealkylation sites (N-methyl/N-ethyl adjacent to an activating group) is 1. The summed E-state index contributed by atoms with van der Waals surface area (Å²) in [4.78, 5) is 37.2. The summed E-state index contributed by atoms with van der Waals surface area (Å²) in [6.45, 7) is 1.96. The second-order valence-electron chi connectivity index (χ2n) is 6.08. The number of nitrogens with one attached hydrogen (secondary N) is 2. The summed E-state index contributed by atoms with van der Waals surface area (Å²) in [5, 5.41) is 5.25. The lowest BCUT2D eigenvalue weighted by Gasteiger charge is -2.16. The molecule has 0 unspecified atom stereocenters. The minimum atomic E-state index is -0.445. The molecular formula is C20H22FN3O4. The minimum absolute atomic E-state index is 0.0177. The number of rotatable bonds is 8.